The van der Waals surface area contributed by atoms with E-state index in [4.69, 9.17) is 0 Å². The number of rotatable bonds is 3. The van der Waals surface area contributed by atoms with E-state index in [-0.39, 0.29) is 18.3 Å². The first-order chi connectivity index (χ1) is 7.25. The molecule has 16 heavy (non-hydrogen) atoms. The molecule has 0 aromatic carbocycles. The average molecular weight is 356 g/mol. The number of aromatic nitrogens is 1. The number of carbonyl (C=O) groups is 1. The van der Waals surface area contributed by atoms with Gasteiger partial charge in [0.15, 0.2) is 0 Å². The Morgan fingerprint density at radius 3 is 3.00 bits per heavy atom. The molecule has 3 N–H and O–H groups in total. The summed E-state index contributed by atoms with van der Waals surface area (Å²) in [5.41, 5.74) is 0.644. The van der Waals surface area contributed by atoms with Crippen molar-refractivity contribution in [1.29, 1.82) is 0 Å². The van der Waals surface area contributed by atoms with Crippen LogP contribution in [0.2, 0.25) is 0 Å². The van der Waals surface area contributed by atoms with Crippen LogP contribution in [-0.2, 0) is 0 Å². The van der Waals surface area contributed by atoms with E-state index in [9.17, 15) is 4.79 Å². The molecule has 0 bridgehead atoms. The lowest BCUT2D eigenvalue weighted by Gasteiger charge is -2.08. The molecule has 1 aromatic rings. The van der Waals surface area contributed by atoms with Crippen LogP contribution in [0.25, 0.3) is 0 Å². The molecule has 4 nitrogen and oxygen atoms in total. The molecule has 6 heteroatoms. The van der Waals surface area contributed by atoms with Crippen molar-refractivity contribution in [2.24, 2.45) is 5.92 Å². The molecule has 1 fully saturated rings. The van der Waals surface area contributed by atoms with Gasteiger partial charge in [0.2, 0.25) is 0 Å². The van der Waals surface area contributed by atoms with Gasteiger partial charge in [0.25, 0.3) is 5.91 Å². The molecule has 0 aliphatic carbocycles. The highest BCUT2D eigenvalue weighted by Gasteiger charge is 2.16. The largest absolute Gasteiger partial charge is 0.356 e. The van der Waals surface area contributed by atoms with Crippen LogP contribution in [0.1, 0.15) is 16.9 Å². The summed E-state index contributed by atoms with van der Waals surface area (Å²) in [5.74, 6) is 0.577. The molecule has 0 saturated carbocycles. The molecule has 1 aliphatic rings. The standard InChI is InChI=1S/C10H14IN3O.ClH/c11-8-3-9(13-6-8)10(15)14-5-7-1-2-12-4-7;/h3,6-7,12-13H,1-2,4-5H2,(H,14,15);1H. The number of hydrogen-bond donors (Lipinski definition) is 3. The predicted octanol–water partition coefficient (Wildman–Crippen LogP) is 1.38. The number of aromatic amines is 1. The Morgan fingerprint density at radius 2 is 2.44 bits per heavy atom. The minimum Gasteiger partial charge on any atom is -0.356 e. The van der Waals surface area contributed by atoms with Crippen molar-refractivity contribution in [3.63, 3.8) is 0 Å². The normalized spacial score (nSPS) is 19.2. The molecule has 0 spiro atoms. The Morgan fingerprint density at radius 1 is 1.62 bits per heavy atom. The summed E-state index contributed by atoms with van der Waals surface area (Å²) in [5, 5.41) is 6.22. The van der Waals surface area contributed by atoms with E-state index < -0.39 is 0 Å². The van der Waals surface area contributed by atoms with Crippen molar-refractivity contribution >= 4 is 40.9 Å². The number of H-pyrrole nitrogens is 1. The van der Waals surface area contributed by atoms with Gasteiger partial charge in [0.05, 0.1) is 0 Å². The van der Waals surface area contributed by atoms with E-state index in [2.05, 4.69) is 38.2 Å². The lowest BCUT2D eigenvalue weighted by Crippen LogP contribution is -2.30. The van der Waals surface area contributed by atoms with E-state index in [0.29, 0.717) is 11.6 Å². The molecular formula is C10H15ClIN3O. The van der Waals surface area contributed by atoms with E-state index in [1.54, 1.807) is 0 Å². The smallest absolute Gasteiger partial charge is 0.267 e. The third kappa shape index (κ3) is 3.64. The van der Waals surface area contributed by atoms with Gasteiger partial charge in [-0.1, -0.05) is 0 Å². The Labute approximate surface area is 115 Å². The highest BCUT2D eigenvalue weighted by atomic mass is 127. The number of halogens is 2. The molecule has 0 radical (unpaired) electrons. The molecule has 1 aromatic heterocycles. The van der Waals surface area contributed by atoms with Gasteiger partial charge in [0, 0.05) is 16.3 Å². The van der Waals surface area contributed by atoms with Crippen LogP contribution in [0.5, 0.6) is 0 Å². The Kier molecular flexibility index (Phi) is 5.57. The second-order valence-electron chi connectivity index (χ2n) is 3.80. The molecule has 1 saturated heterocycles. The predicted molar refractivity (Wildman–Crippen MR) is 74.1 cm³/mol. The van der Waals surface area contributed by atoms with E-state index in [0.717, 1.165) is 29.6 Å². The second kappa shape index (κ2) is 6.46. The fourth-order valence-electron chi connectivity index (χ4n) is 1.72. The van der Waals surface area contributed by atoms with Gasteiger partial charge in [-0.15, -0.1) is 12.4 Å². The van der Waals surface area contributed by atoms with Crippen LogP contribution in [0.4, 0.5) is 0 Å². The Balaban J connectivity index is 0.00000128. The Bertz CT molecular complexity index is 350. The lowest BCUT2D eigenvalue weighted by molar-refractivity contribution is 0.0944. The van der Waals surface area contributed by atoms with Gasteiger partial charge in [-0.25, -0.2) is 0 Å². The number of nitrogens with one attached hydrogen (secondary N) is 3. The summed E-state index contributed by atoms with van der Waals surface area (Å²) in [6, 6.07) is 1.85. The molecule has 1 atom stereocenters. The summed E-state index contributed by atoms with van der Waals surface area (Å²) in [7, 11) is 0. The molecule has 2 heterocycles. The summed E-state index contributed by atoms with van der Waals surface area (Å²) in [6.07, 6.45) is 2.98. The van der Waals surface area contributed by atoms with Gasteiger partial charge >= 0.3 is 0 Å². The fourth-order valence-corrected chi connectivity index (χ4v) is 2.19. The van der Waals surface area contributed by atoms with E-state index in [1.165, 1.54) is 0 Å². The van der Waals surface area contributed by atoms with E-state index in [1.807, 2.05) is 12.3 Å². The van der Waals surface area contributed by atoms with Gasteiger partial charge in [0.1, 0.15) is 5.69 Å². The number of hydrogen-bond acceptors (Lipinski definition) is 2. The Hall–Kier alpha value is -0.270. The van der Waals surface area contributed by atoms with Gasteiger partial charge in [-0.05, 0) is 54.1 Å². The van der Waals surface area contributed by atoms with Crippen LogP contribution in [-0.4, -0.2) is 30.5 Å². The monoisotopic (exact) mass is 355 g/mol. The first-order valence-electron chi connectivity index (χ1n) is 5.08. The highest BCUT2D eigenvalue weighted by molar-refractivity contribution is 14.1. The number of carbonyl (C=O) groups excluding carboxylic acids is 1. The fraction of sp³-hybridized carbons (Fsp3) is 0.500. The zero-order chi connectivity index (χ0) is 10.7. The first-order valence-corrected chi connectivity index (χ1v) is 6.16. The molecule has 1 unspecified atom stereocenters. The highest BCUT2D eigenvalue weighted by Crippen LogP contribution is 2.08. The van der Waals surface area contributed by atoms with Crippen molar-refractivity contribution in [2.45, 2.75) is 6.42 Å². The van der Waals surface area contributed by atoms with Crippen molar-refractivity contribution < 1.29 is 4.79 Å². The quantitative estimate of drug-likeness (QED) is 0.718. The maximum atomic E-state index is 11.6. The zero-order valence-electron chi connectivity index (χ0n) is 8.75. The third-order valence-corrected chi connectivity index (χ3v) is 3.23. The van der Waals surface area contributed by atoms with Crippen LogP contribution in [0.3, 0.4) is 0 Å². The van der Waals surface area contributed by atoms with Crippen molar-refractivity contribution in [1.82, 2.24) is 15.6 Å². The minimum absolute atomic E-state index is 0. The molecule has 1 amide bonds. The van der Waals surface area contributed by atoms with Gasteiger partial charge < -0.3 is 15.6 Å². The van der Waals surface area contributed by atoms with Crippen LogP contribution >= 0.6 is 35.0 Å². The van der Waals surface area contributed by atoms with Crippen molar-refractivity contribution in [2.75, 3.05) is 19.6 Å². The zero-order valence-corrected chi connectivity index (χ0v) is 11.7. The van der Waals surface area contributed by atoms with E-state index >= 15 is 0 Å². The summed E-state index contributed by atoms with van der Waals surface area (Å²) in [6.45, 7) is 2.85. The third-order valence-electron chi connectivity index (χ3n) is 2.61. The molecule has 1 aliphatic heterocycles. The van der Waals surface area contributed by atoms with Crippen LogP contribution < -0.4 is 10.6 Å². The van der Waals surface area contributed by atoms with Crippen molar-refractivity contribution in [3.8, 4) is 0 Å². The second-order valence-corrected chi connectivity index (χ2v) is 5.05. The van der Waals surface area contributed by atoms with Crippen molar-refractivity contribution in [3.05, 3.63) is 21.5 Å². The molecular weight excluding hydrogens is 340 g/mol. The SMILES string of the molecule is Cl.O=C(NCC1CCNC1)c1cc(I)c[nH]1. The maximum absolute atomic E-state index is 11.6. The summed E-state index contributed by atoms with van der Waals surface area (Å²) < 4.78 is 1.06. The molecule has 2 rings (SSSR count). The van der Waals surface area contributed by atoms with Crippen LogP contribution in [0, 0.1) is 9.49 Å². The number of amides is 1. The molecule has 90 valence electrons. The van der Waals surface area contributed by atoms with Crippen LogP contribution in [0.15, 0.2) is 12.3 Å². The topological polar surface area (TPSA) is 56.9 Å². The minimum atomic E-state index is -0.00943. The van der Waals surface area contributed by atoms with Gasteiger partial charge in [-0.3, -0.25) is 4.79 Å². The average Bonchev–Trinajstić information content (AvgIpc) is 2.84. The lowest BCUT2D eigenvalue weighted by atomic mass is 10.1. The first kappa shape index (κ1) is 13.8. The summed E-state index contributed by atoms with van der Waals surface area (Å²) in [4.78, 5) is 14.6. The maximum Gasteiger partial charge on any atom is 0.267 e. The van der Waals surface area contributed by atoms with Gasteiger partial charge in [-0.2, -0.15) is 0 Å². The summed E-state index contributed by atoms with van der Waals surface area (Å²) >= 11 is 2.18.